The summed E-state index contributed by atoms with van der Waals surface area (Å²) in [4.78, 5) is 204. The zero-order valence-corrected chi connectivity index (χ0v) is 64.1. The normalized spacial score (nSPS) is 24.3. The molecule has 590 valence electrons. The quantitative estimate of drug-likeness (QED) is 0.0353. The van der Waals surface area contributed by atoms with Gasteiger partial charge in [0, 0.05) is 29.0 Å². The number of nitrogens with zero attached hydrogens (tertiary/aromatic N) is 1. The van der Waals surface area contributed by atoms with Crippen LogP contribution in [0.4, 0.5) is 0 Å². The van der Waals surface area contributed by atoms with Crippen LogP contribution in [0.25, 0.3) is 0 Å². The third-order valence-electron chi connectivity index (χ3n) is 18.7. The van der Waals surface area contributed by atoms with Crippen molar-refractivity contribution in [2.24, 2.45) is 53.1 Å². The van der Waals surface area contributed by atoms with Crippen molar-refractivity contribution in [3.8, 4) is 0 Å². The molecule has 13 amide bonds. The Morgan fingerprint density at radius 1 is 0.667 bits per heavy atom. The van der Waals surface area contributed by atoms with Gasteiger partial charge >= 0.3 is 5.97 Å². The van der Waals surface area contributed by atoms with Crippen molar-refractivity contribution < 1.29 is 87.9 Å². The Balaban J connectivity index is 2.12. The van der Waals surface area contributed by atoms with Crippen LogP contribution in [0.1, 0.15) is 206 Å². The molecular weight excluding hydrogens is 1350 g/mol. The second kappa shape index (κ2) is 43.8. The average molecular weight is 1490 g/mol. The van der Waals surface area contributed by atoms with Gasteiger partial charge < -0.3 is 84.3 Å². The van der Waals surface area contributed by atoms with Gasteiger partial charge in [-0.25, -0.2) is 4.79 Å². The highest BCUT2D eigenvalue weighted by atomic mass is 16.5. The fraction of sp³-hybridized carbons (Fsp3) is 0.707. The summed E-state index contributed by atoms with van der Waals surface area (Å²) >= 11 is 0. The van der Waals surface area contributed by atoms with Crippen LogP contribution in [-0.2, 0) is 78.3 Å². The number of allylic oxidation sites excluding steroid dienone is 1. The highest BCUT2D eigenvalue weighted by Gasteiger charge is 2.44. The minimum Gasteiger partial charge on any atom is -0.458 e. The highest BCUT2D eigenvalue weighted by molar-refractivity contribution is 6.03. The molecule has 30 heteroatoms. The molecule has 30 nitrogen and oxygen atoms in total. The van der Waals surface area contributed by atoms with E-state index in [0.29, 0.717) is 18.4 Å². The summed E-state index contributed by atoms with van der Waals surface area (Å²) in [6, 6.07) is -13.1. The maximum absolute atomic E-state index is 15.1. The lowest BCUT2D eigenvalue weighted by Gasteiger charge is -2.33. The van der Waals surface area contributed by atoms with E-state index < -0.39 is 223 Å². The van der Waals surface area contributed by atoms with Crippen LogP contribution < -0.4 is 69.5 Å². The lowest BCUT2D eigenvalue weighted by atomic mass is 9.95. The molecule has 0 aromatic heterocycles. The fourth-order valence-electron chi connectivity index (χ4n) is 11.8. The Hall–Kier alpha value is -8.54. The molecule has 2 aliphatic heterocycles. The van der Waals surface area contributed by atoms with Crippen molar-refractivity contribution in [3.63, 3.8) is 0 Å². The van der Waals surface area contributed by atoms with Crippen molar-refractivity contribution in [1.82, 2.24) is 68.7 Å². The second-order valence-corrected chi connectivity index (χ2v) is 29.2. The van der Waals surface area contributed by atoms with Gasteiger partial charge in [0.05, 0.1) is 7.47 Å². The van der Waals surface area contributed by atoms with E-state index in [1.807, 2.05) is 13.8 Å². The first-order chi connectivity index (χ1) is 52.4. The number of aliphatic hydroxyl groups excluding tert-OH is 1. The summed E-state index contributed by atoms with van der Waals surface area (Å²) < 4.78 is 74.6. The molecule has 0 bridgehead atoms. The van der Waals surface area contributed by atoms with E-state index in [1.54, 1.807) is 105 Å². The first kappa shape index (κ1) is 77.6. The molecule has 1 aromatic carbocycles. The Kier molecular flexibility index (Phi) is 32.3. The summed E-state index contributed by atoms with van der Waals surface area (Å²) in [5.41, 5.74) is 6.25. The number of rotatable bonds is 33. The van der Waals surface area contributed by atoms with Crippen LogP contribution in [-0.4, -0.2) is 191 Å². The first-order valence-corrected chi connectivity index (χ1v) is 36.7. The lowest BCUT2D eigenvalue weighted by molar-refractivity contribution is -0.157. The van der Waals surface area contributed by atoms with E-state index in [2.05, 4.69) is 58.5 Å². The summed E-state index contributed by atoms with van der Waals surface area (Å²) in [6.07, 6.45) is -0.895. The number of hydrogen-bond acceptors (Lipinski definition) is 17. The van der Waals surface area contributed by atoms with Gasteiger partial charge in [-0.15, -0.1) is 0 Å². The molecule has 2 aliphatic rings. The molecule has 0 spiro atoms. The van der Waals surface area contributed by atoms with E-state index in [0.717, 1.165) is 11.8 Å². The van der Waals surface area contributed by atoms with Gasteiger partial charge in [0.15, 0.2) is 0 Å². The fourth-order valence-corrected chi connectivity index (χ4v) is 11.8. The monoisotopic (exact) mass is 1480 g/mol. The topological polar surface area (TPSA) is 442 Å². The van der Waals surface area contributed by atoms with Crippen LogP contribution in [0.3, 0.4) is 0 Å². The van der Waals surface area contributed by atoms with E-state index >= 15 is 14.4 Å². The molecule has 2 fully saturated rings. The third kappa shape index (κ3) is 27.7. The number of benzene rings is 1. The van der Waals surface area contributed by atoms with Crippen LogP contribution in [0.2, 0.25) is 0 Å². The standard InChI is InChI=1S/C75H124N14O16/c1-20-44(16)59(71(100)88-62-47(19)105-75(104)58(43(14)15)84-63(92)49(22-3)77-65(94)51(37-48-30-24-23-25-31-48)79-67(96)55(40(8)9)81-70(99)60(45(17)21-2)86-73(62)102)85-64(93)50(32-27-35-76)78-66(95)52-33-28-36-89(52)74(103)57(42(12)13)83-69(98)56(41(10)11)82-72(101)61(46(18)90)87-68(97)54(39(6)7)80-53(91)34-26-29-38(4)5/h22-25,30-31,38-47,50-52,54-62,90H,20-21,26-29,32-37,76H2,1-19H3,(H,77,94)(H,78,95)(H,79,96)(H,80,91)(H,81,99)(H,82,101)(H,83,98)(H,84,92)(H,85,93)(H,86,102)(H,87,97)(H,88,100)/b49-22-/t44-,45?,46+,47?,50-,51-,52+,54+,55+,56-,57+,58-,59+,60?,61-,62?/m0/s1/i10D3,11D3,41D,56D. The number of carbonyl (C=O) groups excluding carboxylic acids is 14. The summed E-state index contributed by atoms with van der Waals surface area (Å²) in [6.45, 7) is 17.9. The predicted octanol–water partition coefficient (Wildman–Crippen LogP) is 1.84. The summed E-state index contributed by atoms with van der Waals surface area (Å²) in [5, 5.41) is 40.9. The maximum Gasteiger partial charge on any atom is 0.329 e. The molecule has 0 aliphatic carbocycles. The van der Waals surface area contributed by atoms with Gasteiger partial charge in [-0.2, -0.15) is 0 Å². The van der Waals surface area contributed by atoms with E-state index in [-0.39, 0.29) is 76.1 Å². The molecule has 0 radical (unpaired) electrons. The Morgan fingerprint density at radius 2 is 1.26 bits per heavy atom. The maximum atomic E-state index is 15.1. The molecule has 105 heavy (non-hydrogen) atoms. The molecule has 1 aromatic rings. The Labute approximate surface area is 631 Å². The van der Waals surface area contributed by atoms with Gasteiger partial charge in [-0.3, -0.25) is 62.3 Å². The second-order valence-electron chi connectivity index (χ2n) is 29.2. The van der Waals surface area contributed by atoms with Gasteiger partial charge in [0.25, 0.3) is 5.91 Å². The average Bonchev–Trinajstić information content (AvgIpc) is 1.18. The number of amides is 13. The number of aliphatic hydroxyl groups is 1. The van der Waals surface area contributed by atoms with Crippen molar-refractivity contribution in [1.29, 1.82) is 0 Å². The molecule has 16 atom stereocenters. The lowest BCUT2D eigenvalue weighted by Crippen LogP contribution is -2.64. The van der Waals surface area contributed by atoms with Crippen LogP contribution >= 0.6 is 0 Å². The van der Waals surface area contributed by atoms with E-state index in [1.165, 1.54) is 33.8 Å². The van der Waals surface area contributed by atoms with Crippen molar-refractivity contribution in [3.05, 3.63) is 47.7 Å². The predicted molar refractivity (Wildman–Crippen MR) is 395 cm³/mol. The SMILES string of the molecule is [2H]C([2H])([2H])C([2H])(C([2H])([2H])[2H])[C@]([2H])(NC(=O)[C@@H](NC(=O)[C@H](NC(=O)CCCC(C)C)C(C)C)[C@@H](C)O)C(=O)N[C@@H](C(=O)N1CCC[C@@H]1C(=O)N[C@@H](CCCN)C(=O)N[C@@H](C(=O)NC1C(=O)NC(C(C)CC)C(=O)N[C@H](C(C)C)C(=O)N[C@@H](Cc2ccccc2)C(=O)N/C(=C\C)C(=O)N[C@@H](C(C)C)C(=O)OC1C)[C@@H](C)CC)C(C)C. The Bertz CT molecular complexity index is 3500. The largest absolute Gasteiger partial charge is 0.458 e. The molecule has 15 N–H and O–H groups in total. The number of nitrogens with two attached hydrogens (primary N) is 1. The highest BCUT2D eigenvalue weighted by Crippen LogP contribution is 2.23. The minimum absolute atomic E-state index is 0.0226. The summed E-state index contributed by atoms with van der Waals surface area (Å²) in [7, 11) is 0. The van der Waals surface area contributed by atoms with Crippen molar-refractivity contribution in [2.45, 2.75) is 280 Å². The molecule has 2 heterocycles. The van der Waals surface area contributed by atoms with Crippen molar-refractivity contribution in [2.75, 3.05) is 13.1 Å². The molecular formula is C75H124N14O16. The minimum atomic E-state index is -4.31. The number of ether oxygens (including phenoxy) is 1. The Morgan fingerprint density at radius 3 is 1.81 bits per heavy atom. The van der Waals surface area contributed by atoms with Gasteiger partial charge in [-0.05, 0) is 112 Å². The van der Waals surface area contributed by atoms with Crippen LogP contribution in [0, 0.1) is 47.3 Å². The van der Waals surface area contributed by atoms with Gasteiger partial charge in [0.2, 0.25) is 70.9 Å². The van der Waals surface area contributed by atoms with Gasteiger partial charge in [-0.1, -0.05) is 166 Å². The van der Waals surface area contributed by atoms with E-state index in [9.17, 15) is 59.2 Å². The van der Waals surface area contributed by atoms with Gasteiger partial charge in [0.1, 0.15) is 84.3 Å². The molecule has 3 rings (SSSR count). The number of hydrogen-bond donors (Lipinski definition) is 14. The third-order valence-corrected chi connectivity index (χ3v) is 18.7. The molecule has 0 saturated carbocycles. The van der Waals surface area contributed by atoms with Crippen molar-refractivity contribution >= 4 is 82.8 Å². The zero-order valence-electron chi connectivity index (χ0n) is 72.1. The molecule has 4 unspecified atom stereocenters. The molecule has 2 saturated heterocycles. The number of likely N-dealkylation sites (tertiary alicyclic amines) is 1. The smallest absolute Gasteiger partial charge is 0.329 e. The number of carbonyl (C=O) groups is 14. The zero-order chi connectivity index (χ0) is 86.3. The number of esters is 1. The summed E-state index contributed by atoms with van der Waals surface area (Å²) in [5.74, 6) is -23.7. The number of nitrogens with one attached hydrogen (secondary N) is 12. The van der Waals surface area contributed by atoms with Crippen LogP contribution in [0.5, 0.6) is 0 Å². The number of cyclic esters (lactones) is 1. The van der Waals surface area contributed by atoms with E-state index in [4.69, 9.17) is 20.1 Å². The first-order valence-electron chi connectivity index (χ1n) is 40.7. The van der Waals surface area contributed by atoms with Crippen LogP contribution in [0.15, 0.2) is 42.1 Å².